The zero-order chi connectivity index (χ0) is 22.2. The van der Waals surface area contributed by atoms with Crippen LogP contribution in [0.4, 0.5) is 35.5 Å². The van der Waals surface area contributed by atoms with Crippen molar-refractivity contribution in [2.24, 2.45) is 0 Å². The number of halogens is 5. The fraction of sp³-hybridized carbons (Fsp3) is 0.0526. The van der Waals surface area contributed by atoms with Gasteiger partial charge < -0.3 is 10.6 Å². The van der Waals surface area contributed by atoms with Crippen LogP contribution in [0.25, 0.3) is 10.3 Å². The van der Waals surface area contributed by atoms with Crippen molar-refractivity contribution in [1.82, 2.24) is 15.0 Å². The number of fused-ring (bicyclic) bond motifs is 1. The number of thiazole rings is 1. The molecule has 4 rings (SSSR count). The van der Waals surface area contributed by atoms with Gasteiger partial charge in [0.1, 0.15) is 17.9 Å². The smallest absolute Gasteiger partial charge is 0.338 e. The molecule has 6 nitrogen and oxygen atoms in total. The molecule has 0 amide bonds. The number of nitrogens with one attached hydrogen (secondary N) is 2. The summed E-state index contributed by atoms with van der Waals surface area (Å²) in [5.41, 5.74) is 0.789. The van der Waals surface area contributed by atoms with Gasteiger partial charge in [0.2, 0.25) is 0 Å². The maximum Gasteiger partial charge on any atom is 0.416 e. The molecule has 0 aliphatic rings. The van der Waals surface area contributed by atoms with Gasteiger partial charge in [0.05, 0.1) is 26.9 Å². The van der Waals surface area contributed by atoms with E-state index in [0.29, 0.717) is 32.7 Å². The highest BCUT2D eigenvalue weighted by molar-refractivity contribution is 7.21. The van der Waals surface area contributed by atoms with Gasteiger partial charge in [-0.1, -0.05) is 34.5 Å². The van der Waals surface area contributed by atoms with Crippen molar-refractivity contribution in [2.75, 3.05) is 10.6 Å². The van der Waals surface area contributed by atoms with Crippen molar-refractivity contribution >= 4 is 67.2 Å². The number of hydrogen-bond acceptors (Lipinski definition) is 7. The van der Waals surface area contributed by atoms with Crippen molar-refractivity contribution in [3.63, 3.8) is 0 Å². The Kier molecular flexibility index (Phi) is 5.58. The van der Waals surface area contributed by atoms with Gasteiger partial charge in [-0.15, -0.1) is 0 Å². The zero-order valence-electron chi connectivity index (χ0n) is 15.1. The maximum atomic E-state index is 12.7. The summed E-state index contributed by atoms with van der Waals surface area (Å²) < 4.78 is 38.2. The number of hydrogen-bond donors (Lipinski definition) is 2. The average molecular weight is 481 g/mol. The average Bonchev–Trinajstić information content (AvgIpc) is 3.15. The highest BCUT2D eigenvalue weighted by atomic mass is 35.5. The molecule has 31 heavy (non-hydrogen) atoms. The van der Waals surface area contributed by atoms with Crippen LogP contribution in [0.5, 0.6) is 0 Å². The molecule has 0 atom stereocenters. The quantitative estimate of drug-likeness (QED) is 0.335. The monoisotopic (exact) mass is 480 g/mol. The summed E-state index contributed by atoms with van der Waals surface area (Å²) in [7, 11) is 0. The van der Waals surface area contributed by atoms with Crippen LogP contribution in [0.15, 0.2) is 42.7 Å². The molecule has 0 fully saturated rings. The molecule has 2 N–H and O–H groups in total. The standard InChI is InChI=1S/C19H9Cl2F3N6S/c20-13-9(7-25)1-6-12(14(13)21)29-18-30-15-16(26-8-27-17(15)31-18)28-11-4-2-10(3-5-11)19(22,23)24/h1-6,8H,(H,29,30)(H,26,27,28). The lowest BCUT2D eigenvalue weighted by molar-refractivity contribution is -0.137. The molecule has 0 saturated carbocycles. The lowest BCUT2D eigenvalue weighted by atomic mass is 10.2. The lowest BCUT2D eigenvalue weighted by Gasteiger charge is -2.09. The largest absolute Gasteiger partial charge is 0.416 e. The normalized spacial score (nSPS) is 11.4. The predicted molar refractivity (Wildman–Crippen MR) is 114 cm³/mol. The van der Waals surface area contributed by atoms with Gasteiger partial charge in [-0.3, -0.25) is 0 Å². The van der Waals surface area contributed by atoms with Crippen LogP contribution in [0.2, 0.25) is 10.0 Å². The third kappa shape index (κ3) is 4.34. The van der Waals surface area contributed by atoms with E-state index in [1.807, 2.05) is 6.07 Å². The molecule has 12 heteroatoms. The summed E-state index contributed by atoms with van der Waals surface area (Å²) in [6.07, 6.45) is -3.09. The minimum atomic E-state index is -4.41. The van der Waals surface area contributed by atoms with Gasteiger partial charge >= 0.3 is 6.18 Å². The van der Waals surface area contributed by atoms with E-state index in [0.717, 1.165) is 12.1 Å². The van der Waals surface area contributed by atoms with Gasteiger partial charge in [0.15, 0.2) is 15.8 Å². The minimum absolute atomic E-state index is 0.125. The summed E-state index contributed by atoms with van der Waals surface area (Å²) in [6, 6.07) is 9.64. The Hall–Kier alpha value is -3.13. The Bertz CT molecular complexity index is 1320. The number of rotatable bonds is 4. The first-order chi connectivity index (χ1) is 14.8. The van der Waals surface area contributed by atoms with Gasteiger partial charge in [-0.05, 0) is 36.4 Å². The minimum Gasteiger partial charge on any atom is -0.338 e. The Morgan fingerprint density at radius 1 is 0.968 bits per heavy atom. The molecule has 0 bridgehead atoms. The Morgan fingerprint density at radius 2 is 1.71 bits per heavy atom. The van der Waals surface area contributed by atoms with Crippen LogP contribution in [-0.4, -0.2) is 15.0 Å². The third-order valence-electron chi connectivity index (χ3n) is 4.11. The fourth-order valence-electron chi connectivity index (χ4n) is 2.63. The van der Waals surface area contributed by atoms with Crippen molar-refractivity contribution in [1.29, 1.82) is 5.26 Å². The fourth-order valence-corrected chi connectivity index (χ4v) is 3.86. The summed E-state index contributed by atoms with van der Waals surface area (Å²) in [6.45, 7) is 0. The number of benzene rings is 2. The molecule has 2 heterocycles. The van der Waals surface area contributed by atoms with Crippen LogP contribution >= 0.6 is 34.5 Å². The van der Waals surface area contributed by atoms with Crippen LogP contribution in [0, 0.1) is 11.3 Å². The van der Waals surface area contributed by atoms with E-state index >= 15 is 0 Å². The second kappa shape index (κ2) is 8.19. The summed E-state index contributed by atoms with van der Waals surface area (Å²) in [4.78, 5) is 13.3. The number of alkyl halides is 3. The predicted octanol–water partition coefficient (Wildman–Crippen LogP) is 6.77. The van der Waals surface area contributed by atoms with Gasteiger partial charge in [0.25, 0.3) is 0 Å². The van der Waals surface area contributed by atoms with Gasteiger partial charge in [-0.2, -0.15) is 18.4 Å². The first-order valence-electron chi connectivity index (χ1n) is 8.47. The SMILES string of the molecule is N#Cc1ccc(Nc2nc3c(Nc4ccc(C(F)(F)F)cc4)ncnc3s2)c(Cl)c1Cl. The molecule has 0 aliphatic heterocycles. The van der Waals surface area contributed by atoms with Gasteiger partial charge in [-0.25, -0.2) is 15.0 Å². The van der Waals surface area contributed by atoms with Crippen molar-refractivity contribution in [2.45, 2.75) is 6.18 Å². The van der Waals surface area contributed by atoms with E-state index in [1.165, 1.54) is 35.9 Å². The topological polar surface area (TPSA) is 86.5 Å². The lowest BCUT2D eigenvalue weighted by Crippen LogP contribution is -2.04. The van der Waals surface area contributed by atoms with E-state index in [2.05, 4.69) is 25.6 Å². The number of aromatic nitrogens is 3. The molecular formula is C19H9Cl2F3N6S. The first-order valence-corrected chi connectivity index (χ1v) is 10.0. The maximum absolute atomic E-state index is 12.7. The molecule has 0 radical (unpaired) electrons. The van der Waals surface area contributed by atoms with Crippen molar-refractivity contribution in [3.05, 3.63) is 63.9 Å². The third-order valence-corrected chi connectivity index (χ3v) is 5.88. The van der Waals surface area contributed by atoms with Crippen LogP contribution in [0.1, 0.15) is 11.1 Å². The molecule has 2 aromatic heterocycles. The molecule has 0 unspecified atom stereocenters. The molecule has 156 valence electrons. The highest BCUT2D eigenvalue weighted by Crippen LogP contribution is 2.37. The van der Waals surface area contributed by atoms with Crippen LogP contribution in [-0.2, 0) is 6.18 Å². The summed E-state index contributed by atoms with van der Waals surface area (Å²) in [5.74, 6) is 0.331. The molecular weight excluding hydrogens is 472 g/mol. The first kappa shape index (κ1) is 21.1. The highest BCUT2D eigenvalue weighted by Gasteiger charge is 2.30. The Morgan fingerprint density at radius 3 is 2.39 bits per heavy atom. The van der Waals surface area contributed by atoms with E-state index in [9.17, 15) is 13.2 Å². The number of nitrogens with zero attached hydrogens (tertiary/aromatic N) is 4. The number of anilines is 4. The molecule has 0 saturated heterocycles. The van der Waals surface area contributed by atoms with Crippen molar-refractivity contribution in [3.8, 4) is 6.07 Å². The molecule has 0 aliphatic carbocycles. The second-order valence-corrected chi connectivity index (χ2v) is 7.85. The Balaban J connectivity index is 1.62. The molecule has 2 aromatic carbocycles. The zero-order valence-corrected chi connectivity index (χ0v) is 17.5. The Labute approximate surface area is 187 Å². The number of nitriles is 1. The van der Waals surface area contributed by atoms with Crippen LogP contribution in [0.3, 0.4) is 0 Å². The van der Waals surface area contributed by atoms with E-state index < -0.39 is 11.7 Å². The van der Waals surface area contributed by atoms with Crippen molar-refractivity contribution < 1.29 is 13.2 Å². The molecule has 0 spiro atoms. The summed E-state index contributed by atoms with van der Waals surface area (Å²) in [5, 5.41) is 15.7. The van der Waals surface area contributed by atoms with E-state index in [-0.39, 0.29) is 15.6 Å². The van der Waals surface area contributed by atoms with E-state index in [4.69, 9.17) is 28.5 Å². The van der Waals surface area contributed by atoms with E-state index in [1.54, 1.807) is 6.07 Å². The summed E-state index contributed by atoms with van der Waals surface area (Å²) >= 11 is 13.5. The second-order valence-electron chi connectivity index (χ2n) is 6.12. The van der Waals surface area contributed by atoms with Crippen LogP contribution < -0.4 is 10.6 Å². The molecule has 4 aromatic rings. The van der Waals surface area contributed by atoms with Gasteiger partial charge in [0, 0.05) is 5.69 Å².